The Labute approximate surface area is 98.4 Å². The van der Waals surface area contributed by atoms with E-state index in [1.54, 1.807) is 0 Å². The van der Waals surface area contributed by atoms with Crippen molar-refractivity contribution in [1.82, 2.24) is 10.6 Å². The smallest absolute Gasteiger partial charge is 0.223 e. The van der Waals surface area contributed by atoms with E-state index in [2.05, 4.69) is 17.6 Å². The minimum atomic E-state index is 0.264. The molecule has 0 bridgehead atoms. The number of carbonyl (C=O) groups excluding carboxylic acids is 1. The lowest BCUT2D eigenvalue weighted by atomic mass is 10.1. The van der Waals surface area contributed by atoms with E-state index in [-0.39, 0.29) is 5.91 Å². The fraction of sp³-hybridized carbons (Fsp3) is 0.923. The summed E-state index contributed by atoms with van der Waals surface area (Å²) in [6.07, 6.45) is 7.52. The molecule has 2 aliphatic carbocycles. The fourth-order valence-corrected chi connectivity index (χ4v) is 2.25. The van der Waals surface area contributed by atoms with Gasteiger partial charge in [0.2, 0.25) is 5.91 Å². The van der Waals surface area contributed by atoms with Crippen LogP contribution in [0.3, 0.4) is 0 Å². The lowest BCUT2D eigenvalue weighted by molar-refractivity contribution is -0.122. The minimum Gasteiger partial charge on any atom is -0.355 e. The van der Waals surface area contributed by atoms with Crippen molar-refractivity contribution >= 4 is 5.91 Å². The standard InChI is InChI=1S/C13H24N2O/c1-2-3-12(10-4-5-10)14-8-9-15-13(16)11-6-7-11/h10-12,14H,2-9H2,1H3,(H,15,16). The Morgan fingerprint density at radius 1 is 1.25 bits per heavy atom. The van der Waals surface area contributed by atoms with E-state index in [9.17, 15) is 4.79 Å². The molecule has 0 heterocycles. The molecule has 0 radical (unpaired) electrons. The molecule has 2 fully saturated rings. The molecule has 0 aromatic carbocycles. The van der Waals surface area contributed by atoms with Crippen LogP contribution < -0.4 is 10.6 Å². The molecule has 16 heavy (non-hydrogen) atoms. The van der Waals surface area contributed by atoms with Gasteiger partial charge in [0.15, 0.2) is 0 Å². The van der Waals surface area contributed by atoms with Gasteiger partial charge in [0.1, 0.15) is 0 Å². The van der Waals surface area contributed by atoms with Gasteiger partial charge < -0.3 is 10.6 Å². The van der Waals surface area contributed by atoms with E-state index in [1.807, 2.05) is 0 Å². The molecular formula is C13H24N2O. The van der Waals surface area contributed by atoms with Gasteiger partial charge in [-0.3, -0.25) is 4.79 Å². The van der Waals surface area contributed by atoms with Crippen molar-refractivity contribution in [2.45, 2.75) is 51.5 Å². The second kappa shape index (κ2) is 5.67. The van der Waals surface area contributed by atoms with Crippen molar-refractivity contribution in [1.29, 1.82) is 0 Å². The number of hydrogen-bond donors (Lipinski definition) is 2. The summed E-state index contributed by atoms with van der Waals surface area (Å²) in [5.74, 6) is 1.52. The maximum Gasteiger partial charge on any atom is 0.223 e. The molecule has 0 spiro atoms. The van der Waals surface area contributed by atoms with Crippen molar-refractivity contribution in [3.63, 3.8) is 0 Å². The SMILES string of the molecule is CCCC(NCCNC(=O)C1CC1)C1CC1. The summed E-state index contributed by atoms with van der Waals surface area (Å²) in [6, 6.07) is 0.697. The third-order valence-electron chi connectivity index (χ3n) is 3.57. The second-order valence-electron chi connectivity index (χ2n) is 5.25. The molecule has 2 aliphatic rings. The molecule has 1 atom stereocenters. The highest BCUT2D eigenvalue weighted by Gasteiger charge is 2.30. The number of amides is 1. The number of hydrogen-bond acceptors (Lipinski definition) is 2. The molecule has 0 aromatic heterocycles. The van der Waals surface area contributed by atoms with E-state index in [0.717, 1.165) is 31.8 Å². The van der Waals surface area contributed by atoms with Gasteiger partial charge in [0, 0.05) is 25.0 Å². The van der Waals surface area contributed by atoms with Crippen molar-refractivity contribution in [3.8, 4) is 0 Å². The summed E-state index contributed by atoms with van der Waals surface area (Å²) < 4.78 is 0. The number of nitrogens with one attached hydrogen (secondary N) is 2. The van der Waals surface area contributed by atoms with Crippen molar-refractivity contribution < 1.29 is 4.79 Å². The Balaban J connectivity index is 1.53. The topological polar surface area (TPSA) is 41.1 Å². The molecule has 2 rings (SSSR count). The molecule has 0 aliphatic heterocycles. The lowest BCUT2D eigenvalue weighted by Crippen LogP contribution is -2.38. The summed E-state index contributed by atoms with van der Waals surface area (Å²) in [5, 5.41) is 6.58. The van der Waals surface area contributed by atoms with Gasteiger partial charge in [-0.15, -0.1) is 0 Å². The summed E-state index contributed by atoms with van der Waals surface area (Å²) in [6.45, 7) is 3.97. The molecule has 0 aromatic rings. The maximum absolute atomic E-state index is 11.4. The Morgan fingerprint density at radius 3 is 2.56 bits per heavy atom. The summed E-state index contributed by atoms with van der Waals surface area (Å²) in [5.41, 5.74) is 0. The zero-order chi connectivity index (χ0) is 11.4. The summed E-state index contributed by atoms with van der Waals surface area (Å²) in [4.78, 5) is 11.4. The van der Waals surface area contributed by atoms with Crippen LogP contribution in [-0.4, -0.2) is 25.0 Å². The third-order valence-corrected chi connectivity index (χ3v) is 3.57. The van der Waals surface area contributed by atoms with Crippen molar-refractivity contribution in [3.05, 3.63) is 0 Å². The van der Waals surface area contributed by atoms with Crippen LogP contribution in [-0.2, 0) is 4.79 Å². The fourth-order valence-electron chi connectivity index (χ4n) is 2.25. The molecule has 3 nitrogen and oxygen atoms in total. The van der Waals surface area contributed by atoms with E-state index in [1.165, 1.54) is 25.7 Å². The van der Waals surface area contributed by atoms with Crippen LogP contribution in [0.2, 0.25) is 0 Å². The van der Waals surface area contributed by atoms with Gasteiger partial charge >= 0.3 is 0 Å². The molecule has 2 saturated carbocycles. The normalized spacial score (nSPS) is 21.8. The molecule has 1 amide bonds. The van der Waals surface area contributed by atoms with Crippen LogP contribution in [0.4, 0.5) is 0 Å². The van der Waals surface area contributed by atoms with Gasteiger partial charge in [-0.1, -0.05) is 13.3 Å². The first-order chi connectivity index (χ1) is 7.81. The molecular weight excluding hydrogens is 200 g/mol. The van der Waals surface area contributed by atoms with Gasteiger partial charge in [0.25, 0.3) is 0 Å². The third kappa shape index (κ3) is 3.78. The van der Waals surface area contributed by atoms with Crippen LogP contribution in [0.25, 0.3) is 0 Å². The first kappa shape index (κ1) is 11.9. The largest absolute Gasteiger partial charge is 0.355 e. The highest BCUT2D eigenvalue weighted by Crippen LogP contribution is 2.34. The van der Waals surface area contributed by atoms with Crippen LogP contribution >= 0.6 is 0 Å². The molecule has 3 heteroatoms. The van der Waals surface area contributed by atoms with Gasteiger partial charge in [-0.05, 0) is 38.0 Å². The zero-order valence-corrected chi connectivity index (χ0v) is 10.3. The first-order valence-electron chi connectivity index (χ1n) is 6.82. The van der Waals surface area contributed by atoms with Crippen molar-refractivity contribution in [2.75, 3.05) is 13.1 Å². The van der Waals surface area contributed by atoms with E-state index >= 15 is 0 Å². The second-order valence-corrected chi connectivity index (χ2v) is 5.25. The monoisotopic (exact) mass is 224 g/mol. The molecule has 0 saturated heterocycles. The van der Waals surface area contributed by atoms with Crippen LogP contribution in [0, 0.1) is 11.8 Å². The van der Waals surface area contributed by atoms with Crippen LogP contribution in [0.1, 0.15) is 45.4 Å². The lowest BCUT2D eigenvalue weighted by Gasteiger charge is -2.17. The first-order valence-corrected chi connectivity index (χ1v) is 6.82. The van der Waals surface area contributed by atoms with Crippen LogP contribution in [0.15, 0.2) is 0 Å². The van der Waals surface area contributed by atoms with Crippen molar-refractivity contribution in [2.24, 2.45) is 11.8 Å². The molecule has 1 unspecified atom stereocenters. The van der Waals surface area contributed by atoms with Gasteiger partial charge in [0.05, 0.1) is 0 Å². The Bertz CT molecular complexity index is 234. The Kier molecular flexibility index (Phi) is 4.22. The van der Waals surface area contributed by atoms with Gasteiger partial charge in [-0.2, -0.15) is 0 Å². The predicted molar refractivity (Wildman–Crippen MR) is 65.2 cm³/mol. The average molecular weight is 224 g/mol. The number of rotatable bonds is 8. The highest BCUT2D eigenvalue weighted by molar-refractivity contribution is 5.80. The maximum atomic E-state index is 11.4. The zero-order valence-electron chi connectivity index (χ0n) is 10.3. The van der Waals surface area contributed by atoms with Crippen LogP contribution in [0.5, 0.6) is 0 Å². The molecule has 92 valence electrons. The Hall–Kier alpha value is -0.570. The Morgan fingerprint density at radius 2 is 2.00 bits per heavy atom. The average Bonchev–Trinajstić information content (AvgIpc) is 3.15. The van der Waals surface area contributed by atoms with E-state index in [0.29, 0.717) is 12.0 Å². The summed E-state index contributed by atoms with van der Waals surface area (Å²) >= 11 is 0. The highest BCUT2D eigenvalue weighted by atomic mass is 16.2. The predicted octanol–water partition coefficient (Wildman–Crippen LogP) is 1.68. The minimum absolute atomic E-state index is 0.264. The summed E-state index contributed by atoms with van der Waals surface area (Å²) in [7, 11) is 0. The number of carbonyl (C=O) groups is 1. The van der Waals surface area contributed by atoms with E-state index in [4.69, 9.17) is 0 Å². The van der Waals surface area contributed by atoms with Gasteiger partial charge in [-0.25, -0.2) is 0 Å². The quantitative estimate of drug-likeness (QED) is 0.616. The van der Waals surface area contributed by atoms with E-state index < -0.39 is 0 Å². The molecule has 2 N–H and O–H groups in total.